The highest BCUT2D eigenvalue weighted by Crippen LogP contribution is 2.30. The van der Waals surface area contributed by atoms with Crippen molar-refractivity contribution in [2.45, 2.75) is 9.79 Å². The van der Waals surface area contributed by atoms with E-state index in [9.17, 15) is 4.79 Å². The van der Waals surface area contributed by atoms with Crippen molar-refractivity contribution >= 4 is 50.8 Å². The van der Waals surface area contributed by atoms with E-state index >= 15 is 0 Å². The monoisotopic (exact) mass is 377 g/mol. The number of amides is 1. The number of aromatic nitrogens is 2. The molecular formula is C15H12BrN3O2S. The number of carbonyl (C=O) groups excluding carboxylic acids is 1. The molecule has 0 fully saturated rings. The van der Waals surface area contributed by atoms with E-state index in [-0.39, 0.29) is 0 Å². The van der Waals surface area contributed by atoms with Gasteiger partial charge in [0.1, 0.15) is 0 Å². The summed E-state index contributed by atoms with van der Waals surface area (Å²) in [7, 11) is 1.31. The van der Waals surface area contributed by atoms with Gasteiger partial charge in [0.25, 0.3) is 0 Å². The van der Waals surface area contributed by atoms with Gasteiger partial charge in [0.2, 0.25) is 5.95 Å². The molecule has 0 aliphatic carbocycles. The molecule has 1 heterocycles. The first-order valence-corrected chi connectivity index (χ1v) is 8.03. The second kappa shape index (κ2) is 6.41. The highest BCUT2D eigenvalue weighted by Gasteiger charge is 2.07. The SMILES string of the molecule is COC(=O)Nc1nc2ccc(Sc3ccc(Br)cc3)cc2[nH]1. The standard InChI is InChI=1S/C15H12BrN3O2S/c1-21-15(20)19-14-17-12-7-6-11(8-13(12)18-14)22-10-4-2-9(16)3-5-10/h2-8H,1H3,(H2,17,18,19,20). The molecule has 22 heavy (non-hydrogen) atoms. The summed E-state index contributed by atoms with van der Waals surface area (Å²) in [4.78, 5) is 20.8. The van der Waals surface area contributed by atoms with E-state index in [1.165, 1.54) is 7.11 Å². The number of hydrogen-bond acceptors (Lipinski definition) is 4. The molecule has 0 atom stereocenters. The summed E-state index contributed by atoms with van der Waals surface area (Å²) in [6.07, 6.45) is -0.552. The normalized spacial score (nSPS) is 10.6. The lowest BCUT2D eigenvalue weighted by molar-refractivity contribution is 0.186. The number of carbonyl (C=O) groups is 1. The van der Waals surface area contributed by atoms with E-state index in [0.717, 1.165) is 25.3 Å². The summed E-state index contributed by atoms with van der Waals surface area (Å²) in [5, 5.41) is 2.52. The largest absolute Gasteiger partial charge is 0.453 e. The minimum absolute atomic E-state index is 0.368. The van der Waals surface area contributed by atoms with Crippen LogP contribution in [0.2, 0.25) is 0 Å². The Morgan fingerprint density at radius 3 is 2.68 bits per heavy atom. The van der Waals surface area contributed by atoms with Gasteiger partial charge in [0.05, 0.1) is 18.1 Å². The summed E-state index contributed by atoms with van der Waals surface area (Å²) >= 11 is 5.08. The van der Waals surface area contributed by atoms with E-state index in [4.69, 9.17) is 0 Å². The average molecular weight is 378 g/mol. The topological polar surface area (TPSA) is 67.0 Å². The van der Waals surface area contributed by atoms with E-state index in [2.05, 4.69) is 48.1 Å². The Morgan fingerprint density at radius 2 is 1.95 bits per heavy atom. The zero-order valence-corrected chi connectivity index (χ0v) is 14.0. The molecule has 2 aromatic carbocycles. The van der Waals surface area contributed by atoms with Gasteiger partial charge in [0.15, 0.2) is 0 Å². The van der Waals surface area contributed by atoms with Gasteiger partial charge < -0.3 is 9.72 Å². The maximum atomic E-state index is 11.2. The van der Waals surface area contributed by atoms with E-state index < -0.39 is 6.09 Å². The van der Waals surface area contributed by atoms with Crippen LogP contribution in [0.1, 0.15) is 0 Å². The van der Waals surface area contributed by atoms with Gasteiger partial charge in [-0.2, -0.15) is 0 Å². The van der Waals surface area contributed by atoms with E-state index in [1.807, 2.05) is 30.3 Å². The maximum Gasteiger partial charge on any atom is 0.413 e. The smallest absolute Gasteiger partial charge is 0.413 e. The summed E-state index contributed by atoms with van der Waals surface area (Å²) in [5.74, 6) is 0.368. The van der Waals surface area contributed by atoms with Crippen LogP contribution >= 0.6 is 27.7 Å². The zero-order valence-electron chi connectivity index (χ0n) is 11.6. The number of fused-ring (bicyclic) bond motifs is 1. The third-order valence-electron chi connectivity index (χ3n) is 2.91. The van der Waals surface area contributed by atoms with Crippen molar-refractivity contribution in [3.8, 4) is 0 Å². The molecule has 1 amide bonds. The lowest BCUT2D eigenvalue weighted by Crippen LogP contribution is -2.11. The van der Waals surface area contributed by atoms with Crippen LogP contribution in [-0.2, 0) is 4.74 Å². The van der Waals surface area contributed by atoms with Crippen molar-refractivity contribution in [3.05, 3.63) is 46.9 Å². The average Bonchev–Trinajstić information content (AvgIpc) is 2.91. The van der Waals surface area contributed by atoms with Crippen molar-refractivity contribution in [1.82, 2.24) is 9.97 Å². The molecule has 0 unspecified atom stereocenters. The van der Waals surface area contributed by atoms with Crippen molar-refractivity contribution in [3.63, 3.8) is 0 Å². The third kappa shape index (κ3) is 3.42. The van der Waals surface area contributed by atoms with Crippen molar-refractivity contribution in [1.29, 1.82) is 0 Å². The minimum Gasteiger partial charge on any atom is -0.453 e. The van der Waals surface area contributed by atoms with Crippen molar-refractivity contribution in [2.75, 3.05) is 12.4 Å². The molecule has 3 aromatic rings. The second-order valence-corrected chi connectivity index (χ2v) is 6.50. The zero-order chi connectivity index (χ0) is 15.5. The van der Waals surface area contributed by atoms with Gasteiger partial charge in [-0.15, -0.1) is 0 Å². The Balaban J connectivity index is 1.83. The first-order valence-electron chi connectivity index (χ1n) is 6.42. The number of halogens is 1. The molecule has 3 rings (SSSR count). The Bertz CT molecular complexity index is 817. The van der Waals surface area contributed by atoms with Crippen LogP contribution in [0.5, 0.6) is 0 Å². The van der Waals surface area contributed by atoms with Crippen LogP contribution in [0, 0.1) is 0 Å². The van der Waals surface area contributed by atoms with Gasteiger partial charge in [-0.05, 0) is 42.5 Å². The Kier molecular flexibility index (Phi) is 4.35. The maximum absolute atomic E-state index is 11.2. The number of nitrogens with one attached hydrogen (secondary N) is 2. The third-order valence-corrected chi connectivity index (χ3v) is 4.43. The van der Waals surface area contributed by atoms with Crippen molar-refractivity contribution < 1.29 is 9.53 Å². The lowest BCUT2D eigenvalue weighted by atomic mass is 10.3. The van der Waals surface area contributed by atoms with E-state index in [0.29, 0.717) is 5.95 Å². The number of benzene rings is 2. The van der Waals surface area contributed by atoms with E-state index in [1.54, 1.807) is 11.8 Å². The first kappa shape index (κ1) is 14.9. The quantitative estimate of drug-likeness (QED) is 0.696. The molecule has 0 spiro atoms. The molecule has 0 bridgehead atoms. The molecule has 5 nitrogen and oxygen atoms in total. The van der Waals surface area contributed by atoms with Gasteiger partial charge in [-0.3, -0.25) is 5.32 Å². The first-order chi connectivity index (χ1) is 10.6. The fraction of sp³-hybridized carbons (Fsp3) is 0.0667. The van der Waals surface area contributed by atoms with Crippen LogP contribution in [0.25, 0.3) is 11.0 Å². The molecule has 7 heteroatoms. The summed E-state index contributed by atoms with van der Waals surface area (Å²) in [5.41, 5.74) is 1.64. The number of methoxy groups -OCH3 is 1. The lowest BCUT2D eigenvalue weighted by Gasteiger charge is -2.01. The molecule has 1 aromatic heterocycles. The molecule has 0 aliphatic rings. The molecule has 0 radical (unpaired) electrons. The number of hydrogen-bond donors (Lipinski definition) is 2. The molecule has 0 aliphatic heterocycles. The highest BCUT2D eigenvalue weighted by atomic mass is 79.9. The summed E-state index contributed by atoms with van der Waals surface area (Å²) in [6.45, 7) is 0. The fourth-order valence-electron chi connectivity index (χ4n) is 1.90. The molecule has 112 valence electrons. The number of nitrogens with zero attached hydrogens (tertiary/aromatic N) is 1. The Hall–Kier alpha value is -1.99. The molecule has 2 N–H and O–H groups in total. The predicted octanol–water partition coefficient (Wildman–Crippen LogP) is 4.65. The highest BCUT2D eigenvalue weighted by molar-refractivity contribution is 9.10. The van der Waals surface area contributed by atoms with Gasteiger partial charge in [-0.25, -0.2) is 9.78 Å². The van der Waals surface area contributed by atoms with Crippen LogP contribution < -0.4 is 5.32 Å². The van der Waals surface area contributed by atoms with Crippen LogP contribution in [0.15, 0.2) is 56.7 Å². The van der Waals surface area contributed by atoms with Crippen molar-refractivity contribution in [2.24, 2.45) is 0 Å². The van der Waals surface area contributed by atoms with Gasteiger partial charge in [0, 0.05) is 14.3 Å². The number of imidazole rings is 1. The number of anilines is 1. The fourth-order valence-corrected chi connectivity index (χ4v) is 3.02. The van der Waals surface area contributed by atoms with Gasteiger partial charge in [-0.1, -0.05) is 27.7 Å². The van der Waals surface area contributed by atoms with Crippen LogP contribution in [-0.4, -0.2) is 23.2 Å². The number of ether oxygens (including phenoxy) is 1. The van der Waals surface area contributed by atoms with Crippen LogP contribution in [0.3, 0.4) is 0 Å². The predicted molar refractivity (Wildman–Crippen MR) is 90.4 cm³/mol. The molecular weight excluding hydrogens is 366 g/mol. The summed E-state index contributed by atoms with van der Waals surface area (Å²) < 4.78 is 5.60. The number of H-pyrrole nitrogens is 1. The Morgan fingerprint density at radius 1 is 1.23 bits per heavy atom. The van der Waals surface area contributed by atoms with Crippen LogP contribution in [0.4, 0.5) is 10.7 Å². The second-order valence-electron chi connectivity index (χ2n) is 4.44. The summed E-state index contributed by atoms with van der Waals surface area (Å²) in [6, 6.07) is 14.0. The number of rotatable bonds is 3. The molecule has 0 saturated heterocycles. The minimum atomic E-state index is -0.552. The Labute approximate surface area is 139 Å². The number of aromatic amines is 1. The van der Waals surface area contributed by atoms with Gasteiger partial charge >= 0.3 is 6.09 Å². The molecule has 0 saturated carbocycles.